The van der Waals surface area contributed by atoms with E-state index in [1.807, 2.05) is 37.3 Å². The van der Waals surface area contributed by atoms with Gasteiger partial charge < -0.3 is 10.5 Å². The molecule has 2 aromatic carbocycles. The number of nitrogens with two attached hydrogens (primary N) is 1. The lowest BCUT2D eigenvalue weighted by Crippen LogP contribution is -2.22. The Morgan fingerprint density at radius 2 is 2.00 bits per heavy atom. The number of aromatic amines is 1. The van der Waals surface area contributed by atoms with E-state index in [-0.39, 0.29) is 22.9 Å². The van der Waals surface area contributed by atoms with E-state index in [9.17, 15) is 14.0 Å². The van der Waals surface area contributed by atoms with Crippen molar-refractivity contribution in [3.8, 4) is 11.9 Å². The molecule has 0 saturated heterocycles. The molecule has 4 rings (SSSR count). The zero-order chi connectivity index (χ0) is 20.5. The Balaban J connectivity index is 1.75. The maximum Gasteiger partial charge on any atom is 0.244 e. The second-order valence-corrected chi connectivity index (χ2v) is 7.66. The first-order valence-electron chi connectivity index (χ1n) is 8.77. The van der Waals surface area contributed by atoms with Crippen molar-refractivity contribution in [2.75, 3.05) is 0 Å². The third kappa shape index (κ3) is 3.57. The number of thioether (sulfide) groups is 1. The quantitative estimate of drug-likeness (QED) is 0.618. The monoisotopic (exact) mass is 410 g/mol. The number of ether oxygens (including phenoxy) is 1. The van der Waals surface area contributed by atoms with Crippen molar-refractivity contribution in [3.63, 3.8) is 0 Å². The van der Waals surface area contributed by atoms with Crippen molar-refractivity contribution in [2.45, 2.75) is 23.5 Å². The van der Waals surface area contributed by atoms with Gasteiger partial charge >= 0.3 is 0 Å². The molecule has 29 heavy (non-hydrogen) atoms. The van der Waals surface area contributed by atoms with Crippen LogP contribution in [0.25, 0.3) is 0 Å². The summed E-state index contributed by atoms with van der Waals surface area (Å²) in [7, 11) is 0. The van der Waals surface area contributed by atoms with Gasteiger partial charge in [-0.15, -0.1) is 16.9 Å². The number of fused-ring (bicyclic) bond motifs is 1. The fourth-order valence-electron chi connectivity index (χ4n) is 3.26. The number of aromatic nitrogens is 2. The molecule has 3 N–H and O–H groups in total. The van der Waals surface area contributed by atoms with Crippen molar-refractivity contribution in [3.05, 3.63) is 87.9 Å². The van der Waals surface area contributed by atoms with E-state index in [2.05, 4.69) is 10.2 Å². The molecular weight excluding hydrogens is 394 g/mol. The Hall–Kier alpha value is -3.31. The van der Waals surface area contributed by atoms with Crippen LogP contribution < -0.4 is 10.5 Å². The first-order valence-corrected chi connectivity index (χ1v) is 9.75. The van der Waals surface area contributed by atoms with Crippen LogP contribution in [-0.4, -0.2) is 10.2 Å². The third-order valence-electron chi connectivity index (χ3n) is 4.70. The molecule has 0 spiro atoms. The zero-order valence-electron chi connectivity index (χ0n) is 15.4. The maximum absolute atomic E-state index is 14.6. The largest absolute Gasteiger partial charge is 0.420 e. The van der Waals surface area contributed by atoms with Gasteiger partial charge in [-0.25, -0.2) is 8.78 Å². The summed E-state index contributed by atoms with van der Waals surface area (Å²) in [5.41, 5.74) is 8.45. The van der Waals surface area contributed by atoms with Gasteiger partial charge in [-0.2, -0.15) is 5.26 Å². The van der Waals surface area contributed by atoms with Crippen LogP contribution >= 0.6 is 11.8 Å². The average Bonchev–Trinajstić information content (AvgIpc) is 3.09. The van der Waals surface area contributed by atoms with Crippen molar-refractivity contribution < 1.29 is 13.5 Å². The highest BCUT2D eigenvalue weighted by Crippen LogP contribution is 2.44. The van der Waals surface area contributed by atoms with Crippen molar-refractivity contribution in [1.82, 2.24) is 10.2 Å². The molecular formula is C21H16F2N4OS. The van der Waals surface area contributed by atoms with E-state index in [0.717, 1.165) is 22.6 Å². The Morgan fingerprint density at radius 1 is 1.24 bits per heavy atom. The van der Waals surface area contributed by atoms with E-state index in [1.165, 1.54) is 6.07 Å². The fraction of sp³-hybridized carbons (Fsp3) is 0.143. The summed E-state index contributed by atoms with van der Waals surface area (Å²) >= 11 is 1.56. The summed E-state index contributed by atoms with van der Waals surface area (Å²) in [5.74, 6) is -1.75. The minimum Gasteiger partial charge on any atom is -0.420 e. The molecule has 1 aromatic heterocycles. The van der Waals surface area contributed by atoms with E-state index in [1.54, 1.807) is 11.8 Å². The van der Waals surface area contributed by atoms with Crippen LogP contribution in [0.2, 0.25) is 0 Å². The summed E-state index contributed by atoms with van der Waals surface area (Å²) in [5, 5.41) is 16.7. The first kappa shape index (κ1) is 19.0. The lowest BCUT2D eigenvalue weighted by atomic mass is 9.84. The average molecular weight is 410 g/mol. The van der Waals surface area contributed by atoms with E-state index < -0.39 is 17.6 Å². The van der Waals surface area contributed by atoms with Gasteiger partial charge in [0.2, 0.25) is 11.8 Å². The van der Waals surface area contributed by atoms with Crippen LogP contribution in [0.15, 0.2) is 58.8 Å². The van der Waals surface area contributed by atoms with E-state index in [4.69, 9.17) is 10.5 Å². The molecule has 0 unspecified atom stereocenters. The fourth-order valence-corrected chi connectivity index (χ4v) is 4.11. The normalized spacial score (nSPS) is 15.6. The Bertz CT molecular complexity index is 1150. The second-order valence-electron chi connectivity index (χ2n) is 6.61. The number of benzene rings is 2. The zero-order valence-corrected chi connectivity index (χ0v) is 16.2. The number of nitrogens with one attached hydrogen (secondary N) is 1. The van der Waals surface area contributed by atoms with Gasteiger partial charge in [0.05, 0.1) is 17.2 Å². The van der Waals surface area contributed by atoms with E-state index in [0.29, 0.717) is 17.0 Å². The van der Waals surface area contributed by atoms with Crippen LogP contribution in [0.3, 0.4) is 0 Å². The summed E-state index contributed by atoms with van der Waals surface area (Å²) in [6.07, 6.45) is 0. The molecule has 5 nitrogen and oxygen atoms in total. The molecule has 3 aromatic rings. The van der Waals surface area contributed by atoms with Crippen LogP contribution in [-0.2, 0) is 5.75 Å². The van der Waals surface area contributed by atoms with Crippen LogP contribution in [0.1, 0.15) is 28.3 Å². The summed E-state index contributed by atoms with van der Waals surface area (Å²) in [6.45, 7) is 2.01. The van der Waals surface area contributed by atoms with Crippen molar-refractivity contribution in [2.24, 2.45) is 5.73 Å². The number of hydrogen-bond acceptors (Lipinski definition) is 5. The second kappa shape index (κ2) is 7.60. The highest BCUT2D eigenvalue weighted by Gasteiger charge is 2.36. The molecule has 2 heterocycles. The van der Waals surface area contributed by atoms with Crippen LogP contribution in [0.4, 0.5) is 8.78 Å². The molecule has 0 amide bonds. The molecule has 0 fully saturated rings. The first-order chi connectivity index (χ1) is 14.0. The lowest BCUT2D eigenvalue weighted by molar-refractivity contribution is 0.377. The van der Waals surface area contributed by atoms with Crippen LogP contribution in [0, 0.1) is 29.9 Å². The van der Waals surface area contributed by atoms with Gasteiger partial charge in [0, 0.05) is 22.3 Å². The number of hydrogen-bond donors (Lipinski definition) is 2. The predicted molar refractivity (Wildman–Crippen MR) is 105 cm³/mol. The highest BCUT2D eigenvalue weighted by atomic mass is 32.2. The van der Waals surface area contributed by atoms with Crippen molar-refractivity contribution >= 4 is 11.8 Å². The number of rotatable bonds is 4. The molecule has 1 aliphatic heterocycles. The number of nitriles is 1. The molecule has 0 saturated carbocycles. The minimum atomic E-state index is -0.836. The highest BCUT2D eigenvalue weighted by molar-refractivity contribution is 7.98. The Kier molecular flexibility index (Phi) is 4.99. The van der Waals surface area contributed by atoms with Crippen LogP contribution in [0.5, 0.6) is 5.88 Å². The SMILES string of the molecule is Cc1ccc(SCc2[nH]nc3c2[C@H](c2ccc(F)cc2F)C(C#N)=C(N)O3)cc1. The minimum absolute atomic E-state index is 0.0611. The summed E-state index contributed by atoms with van der Waals surface area (Å²) in [6, 6.07) is 13.3. The number of nitrogens with zero attached hydrogens (tertiary/aromatic N) is 2. The molecule has 0 radical (unpaired) electrons. The van der Waals surface area contributed by atoms with Gasteiger partial charge in [0.15, 0.2) is 0 Å². The van der Waals surface area contributed by atoms with Gasteiger partial charge in [0.25, 0.3) is 0 Å². The standard InChI is InChI=1S/C21H16F2N4OS/c1-11-2-5-13(6-3-11)29-10-17-19-18(14-7-4-12(22)8-16(14)23)15(9-24)20(25)28-21(19)27-26-17/h2-8,18H,10,25H2,1H3,(H,26,27)/t18-/m1/s1. The van der Waals surface area contributed by atoms with Gasteiger partial charge in [-0.3, -0.25) is 5.10 Å². The smallest absolute Gasteiger partial charge is 0.244 e. The maximum atomic E-state index is 14.6. The molecule has 1 aliphatic rings. The molecule has 146 valence electrons. The predicted octanol–water partition coefficient (Wildman–Crippen LogP) is 4.51. The molecule has 0 aliphatic carbocycles. The van der Waals surface area contributed by atoms with E-state index >= 15 is 0 Å². The number of allylic oxidation sites excluding steroid dienone is 1. The number of aryl methyl sites for hydroxylation is 1. The van der Waals surface area contributed by atoms with Crippen molar-refractivity contribution in [1.29, 1.82) is 5.26 Å². The van der Waals surface area contributed by atoms with Gasteiger partial charge in [0.1, 0.15) is 23.3 Å². The molecule has 0 bridgehead atoms. The molecule has 8 heteroatoms. The number of halogens is 2. The number of H-pyrrole nitrogens is 1. The van der Waals surface area contributed by atoms with Gasteiger partial charge in [-0.1, -0.05) is 23.8 Å². The Labute approximate surface area is 170 Å². The molecule has 1 atom stereocenters. The van der Waals surface area contributed by atoms with Gasteiger partial charge in [-0.05, 0) is 25.1 Å². The third-order valence-corrected chi connectivity index (χ3v) is 5.73. The lowest BCUT2D eigenvalue weighted by Gasteiger charge is -2.24. The topological polar surface area (TPSA) is 87.7 Å². The summed E-state index contributed by atoms with van der Waals surface area (Å²) < 4.78 is 33.5. The Morgan fingerprint density at radius 3 is 2.69 bits per heavy atom. The summed E-state index contributed by atoms with van der Waals surface area (Å²) in [4.78, 5) is 1.05.